The Balaban J connectivity index is 1.82. The summed E-state index contributed by atoms with van der Waals surface area (Å²) in [5.74, 6) is 0.666. The molecule has 1 heterocycles. The molecule has 6 nitrogen and oxygen atoms in total. The predicted molar refractivity (Wildman–Crippen MR) is 107 cm³/mol. The average Bonchev–Trinajstić information content (AvgIpc) is 2.65. The van der Waals surface area contributed by atoms with E-state index in [-0.39, 0.29) is 5.97 Å². The molecule has 0 amide bonds. The molecule has 0 aliphatic rings. The Labute approximate surface area is 158 Å². The molecule has 2 N–H and O–H groups in total. The number of benzene rings is 2. The third-order valence-electron chi connectivity index (χ3n) is 3.97. The van der Waals surface area contributed by atoms with Crippen molar-refractivity contribution in [1.29, 1.82) is 0 Å². The zero-order valence-corrected chi connectivity index (χ0v) is 15.6. The third kappa shape index (κ3) is 4.61. The number of hydrogen-bond donors (Lipinski definition) is 2. The summed E-state index contributed by atoms with van der Waals surface area (Å²) in [4.78, 5) is 20.8. The molecule has 6 heteroatoms. The highest BCUT2D eigenvalue weighted by Crippen LogP contribution is 2.23. The molecule has 0 aliphatic heterocycles. The zero-order valence-electron chi connectivity index (χ0n) is 15.6. The van der Waals surface area contributed by atoms with Crippen molar-refractivity contribution in [2.45, 2.75) is 20.8 Å². The topological polar surface area (TPSA) is 76.1 Å². The van der Waals surface area contributed by atoms with Crippen LogP contribution < -0.4 is 10.6 Å². The molecule has 0 fully saturated rings. The molecule has 0 spiro atoms. The maximum Gasteiger partial charge on any atom is 0.340 e. The Morgan fingerprint density at radius 2 is 1.85 bits per heavy atom. The molecule has 0 aliphatic carbocycles. The summed E-state index contributed by atoms with van der Waals surface area (Å²) < 4.78 is 5.10. The fraction of sp³-hybridized carbons (Fsp3) is 0.190. The quantitative estimate of drug-likeness (QED) is 0.616. The maximum atomic E-state index is 12.1. The van der Waals surface area contributed by atoms with Crippen LogP contribution in [-0.4, -0.2) is 22.5 Å². The number of aromatic nitrogens is 2. The third-order valence-corrected chi connectivity index (χ3v) is 3.97. The second kappa shape index (κ2) is 8.31. The fourth-order valence-electron chi connectivity index (χ4n) is 2.68. The number of nitrogens with one attached hydrogen (secondary N) is 2. The molecule has 0 atom stereocenters. The molecule has 0 saturated carbocycles. The number of hydrogen-bond acceptors (Lipinski definition) is 6. The molecule has 3 aromatic rings. The van der Waals surface area contributed by atoms with Crippen molar-refractivity contribution in [2.75, 3.05) is 17.2 Å². The summed E-state index contributed by atoms with van der Waals surface area (Å²) in [5, 5.41) is 6.40. The Morgan fingerprint density at radius 1 is 1.04 bits per heavy atom. The standard InChI is InChI=1S/C21H22N4O2/c1-4-27-20(26)16-7-5-6-8-18(16)24-21-22-12-11-19(25-21)23-17-10-9-14(2)13-15(17)3/h5-13H,4H2,1-3H3,(H2,22,23,24,25). The van der Waals surface area contributed by atoms with E-state index in [1.54, 1.807) is 37.4 Å². The first-order valence-electron chi connectivity index (χ1n) is 8.77. The monoisotopic (exact) mass is 362 g/mol. The maximum absolute atomic E-state index is 12.1. The molecule has 27 heavy (non-hydrogen) atoms. The number of anilines is 4. The number of esters is 1. The van der Waals surface area contributed by atoms with Gasteiger partial charge >= 0.3 is 5.97 Å². The van der Waals surface area contributed by atoms with Gasteiger partial charge in [0.1, 0.15) is 5.82 Å². The first-order valence-corrected chi connectivity index (χ1v) is 8.77. The van der Waals surface area contributed by atoms with Crippen LogP contribution in [0.5, 0.6) is 0 Å². The van der Waals surface area contributed by atoms with E-state index in [1.165, 1.54) is 5.56 Å². The summed E-state index contributed by atoms with van der Waals surface area (Å²) in [6.07, 6.45) is 1.66. The summed E-state index contributed by atoms with van der Waals surface area (Å²) >= 11 is 0. The number of para-hydroxylation sites is 1. The summed E-state index contributed by atoms with van der Waals surface area (Å²) in [6.45, 7) is 6.20. The van der Waals surface area contributed by atoms with Gasteiger partial charge < -0.3 is 15.4 Å². The number of nitrogens with zero attached hydrogens (tertiary/aromatic N) is 2. The first kappa shape index (κ1) is 18.4. The van der Waals surface area contributed by atoms with E-state index in [2.05, 4.69) is 33.6 Å². The van der Waals surface area contributed by atoms with Crippen LogP contribution in [0.3, 0.4) is 0 Å². The van der Waals surface area contributed by atoms with E-state index in [4.69, 9.17) is 4.74 Å². The molecule has 1 aromatic heterocycles. The molecule has 2 aromatic carbocycles. The number of carbonyl (C=O) groups is 1. The Bertz CT molecular complexity index is 956. The summed E-state index contributed by atoms with van der Waals surface area (Å²) in [7, 11) is 0. The van der Waals surface area contributed by atoms with Gasteiger partial charge in [0.15, 0.2) is 0 Å². The van der Waals surface area contributed by atoms with Crippen LogP contribution in [0.1, 0.15) is 28.4 Å². The van der Waals surface area contributed by atoms with Crippen LogP contribution in [0.4, 0.5) is 23.1 Å². The first-order chi connectivity index (χ1) is 13.1. The Hall–Kier alpha value is -3.41. The van der Waals surface area contributed by atoms with E-state index in [0.29, 0.717) is 29.6 Å². The van der Waals surface area contributed by atoms with Crippen LogP contribution in [0.15, 0.2) is 54.7 Å². The van der Waals surface area contributed by atoms with Gasteiger partial charge in [-0.3, -0.25) is 0 Å². The van der Waals surface area contributed by atoms with E-state index >= 15 is 0 Å². The van der Waals surface area contributed by atoms with E-state index in [0.717, 1.165) is 11.3 Å². The number of carbonyl (C=O) groups excluding carboxylic acids is 1. The summed E-state index contributed by atoms with van der Waals surface area (Å²) in [5.41, 5.74) is 4.36. The van der Waals surface area contributed by atoms with Gasteiger partial charge in [-0.25, -0.2) is 9.78 Å². The highest BCUT2D eigenvalue weighted by atomic mass is 16.5. The smallest absolute Gasteiger partial charge is 0.340 e. The lowest BCUT2D eigenvalue weighted by Crippen LogP contribution is -2.09. The van der Waals surface area contributed by atoms with Gasteiger partial charge in [0.2, 0.25) is 5.95 Å². The second-order valence-electron chi connectivity index (χ2n) is 6.10. The van der Waals surface area contributed by atoms with Gasteiger partial charge in [-0.05, 0) is 50.6 Å². The normalized spacial score (nSPS) is 10.3. The molecule has 0 saturated heterocycles. The molecule has 0 radical (unpaired) electrons. The van der Waals surface area contributed by atoms with E-state index in [1.807, 2.05) is 25.1 Å². The average molecular weight is 362 g/mol. The van der Waals surface area contributed by atoms with Gasteiger partial charge in [-0.2, -0.15) is 4.98 Å². The van der Waals surface area contributed by atoms with Crippen molar-refractivity contribution in [3.63, 3.8) is 0 Å². The Morgan fingerprint density at radius 3 is 2.63 bits per heavy atom. The highest BCUT2D eigenvalue weighted by Gasteiger charge is 2.13. The van der Waals surface area contributed by atoms with Crippen LogP contribution in [0, 0.1) is 13.8 Å². The van der Waals surface area contributed by atoms with E-state index in [9.17, 15) is 4.79 Å². The number of rotatable bonds is 6. The minimum absolute atomic E-state index is 0.318. The lowest BCUT2D eigenvalue weighted by molar-refractivity contribution is 0.0527. The predicted octanol–water partition coefficient (Wildman–Crippen LogP) is 4.76. The molecular weight excluding hydrogens is 340 g/mol. The zero-order chi connectivity index (χ0) is 19.2. The van der Waals surface area contributed by atoms with Crippen molar-refractivity contribution >= 4 is 29.1 Å². The SMILES string of the molecule is CCOC(=O)c1ccccc1Nc1nccc(Nc2ccc(C)cc2C)n1. The van der Waals surface area contributed by atoms with Crippen LogP contribution in [0.2, 0.25) is 0 Å². The van der Waals surface area contributed by atoms with Crippen LogP contribution in [-0.2, 0) is 4.74 Å². The fourth-order valence-corrected chi connectivity index (χ4v) is 2.68. The minimum Gasteiger partial charge on any atom is -0.462 e. The van der Waals surface area contributed by atoms with Crippen LogP contribution in [0.25, 0.3) is 0 Å². The minimum atomic E-state index is -0.384. The van der Waals surface area contributed by atoms with Gasteiger partial charge in [-0.15, -0.1) is 0 Å². The van der Waals surface area contributed by atoms with Crippen molar-refractivity contribution in [3.05, 3.63) is 71.4 Å². The van der Waals surface area contributed by atoms with E-state index < -0.39 is 0 Å². The van der Waals surface area contributed by atoms with Gasteiger partial charge in [-0.1, -0.05) is 29.8 Å². The van der Waals surface area contributed by atoms with Gasteiger partial charge in [0.05, 0.1) is 17.9 Å². The van der Waals surface area contributed by atoms with Crippen molar-refractivity contribution in [2.24, 2.45) is 0 Å². The van der Waals surface area contributed by atoms with Crippen molar-refractivity contribution < 1.29 is 9.53 Å². The Kier molecular flexibility index (Phi) is 5.66. The van der Waals surface area contributed by atoms with Crippen molar-refractivity contribution in [1.82, 2.24) is 9.97 Å². The second-order valence-corrected chi connectivity index (χ2v) is 6.10. The molecule has 138 valence electrons. The number of ether oxygens (including phenoxy) is 1. The summed E-state index contributed by atoms with van der Waals surface area (Å²) in [6, 6.07) is 15.1. The van der Waals surface area contributed by atoms with Gasteiger partial charge in [0, 0.05) is 11.9 Å². The molecule has 0 unspecified atom stereocenters. The molecule has 0 bridgehead atoms. The highest BCUT2D eigenvalue weighted by molar-refractivity contribution is 5.96. The lowest BCUT2D eigenvalue weighted by atomic mass is 10.1. The van der Waals surface area contributed by atoms with Crippen molar-refractivity contribution in [3.8, 4) is 0 Å². The van der Waals surface area contributed by atoms with Gasteiger partial charge in [0.25, 0.3) is 0 Å². The molecule has 3 rings (SSSR count). The lowest BCUT2D eigenvalue weighted by Gasteiger charge is -2.12. The number of aryl methyl sites for hydroxylation is 2. The largest absolute Gasteiger partial charge is 0.462 e. The van der Waals surface area contributed by atoms with Crippen LogP contribution >= 0.6 is 0 Å². The molecular formula is C21H22N4O2.